The molecule has 5 N–H and O–H groups in total. The van der Waals surface area contributed by atoms with E-state index in [-0.39, 0.29) is 12.2 Å². The lowest BCUT2D eigenvalue weighted by Gasteiger charge is -2.13. The number of benzene rings is 1. The number of carboxylic acids is 1. The molecule has 2 heterocycles. The van der Waals surface area contributed by atoms with Gasteiger partial charge in [0.1, 0.15) is 17.7 Å². The molecule has 0 radical (unpaired) electrons. The van der Waals surface area contributed by atoms with E-state index in [4.69, 9.17) is 10.8 Å². The zero-order valence-electron chi connectivity index (χ0n) is 16.2. The molecule has 29 heavy (non-hydrogen) atoms. The SMILES string of the molecule is CCC[C@H](NC(=O)c1ccc(CCc2c[nH]c3c2C(=O)CC(N)=N3)cc1)C(=O)O. The van der Waals surface area contributed by atoms with Gasteiger partial charge in [-0.3, -0.25) is 9.59 Å². The highest BCUT2D eigenvalue weighted by Gasteiger charge is 2.23. The first-order valence-corrected chi connectivity index (χ1v) is 9.58. The normalized spacial score (nSPS) is 14.1. The molecule has 0 aliphatic carbocycles. The predicted octanol–water partition coefficient (Wildman–Crippen LogP) is 2.36. The Morgan fingerprint density at radius 3 is 2.66 bits per heavy atom. The van der Waals surface area contributed by atoms with Gasteiger partial charge in [0.15, 0.2) is 5.78 Å². The molecule has 1 aromatic carbocycles. The first-order chi connectivity index (χ1) is 13.9. The minimum atomic E-state index is -1.03. The molecule has 0 saturated carbocycles. The van der Waals surface area contributed by atoms with Crippen LogP contribution in [0.25, 0.3) is 0 Å². The van der Waals surface area contributed by atoms with E-state index < -0.39 is 17.9 Å². The molecule has 0 fully saturated rings. The molecule has 1 atom stereocenters. The first kappa shape index (κ1) is 20.3. The van der Waals surface area contributed by atoms with E-state index in [0.29, 0.717) is 48.5 Å². The number of amides is 1. The van der Waals surface area contributed by atoms with Gasteiger partial charge in [-0.15, -0.1) is 0 Å². The standard InChI is InChI=1S/C21H24N4O4/c1-2-3-15(21(28)29)24-20(27)13-7-4-12(5-8-13)6-9-14-11-23-19-18(14)16(26)10-17(22)25-19/h4-5,7-8,11,15,23H,2-3,6,9-10H2,1H3,(H2,22,25)(H,24,27)(H,28,29)/t15-/m0/s1. The highest BCUT2D eigenvalue weighted by atomic mass is 16.4. The molecule has 3 rings (SSSR count). The minimum Gasteiger partial charge on any atom is -0.480 e. The number of aryl methyl sites for hydroxylation is 2. The number of carbonyl (C=O) groups excluding carboxylic acids is 2. The Morgan fingerprint density at radius 2 is 2.00 bits per heavy atom. The van der Waals surface area contributed by atoms with E-state index in [0.717, 1.165) is 11.1 Å². The summed E-state index contributed by atoms with van der Waals surface area (Å²) in [5, 5.41) is 11.7. The number of carbonyl (C=O) groups is 3. The van der Waals surface area contributed by atoms with E-state index in [1.165, 1.54) is 0 Å². The number of nitrogens with one attached hydrogen (secondary N) is 2. The molecule has 2 aromatic rings. The molecule has 1 aromatic heterocycles. The maximum absolute atomic E-state index is 12.3. The predicted molar refractivity (Wildman–Crippen MR) is 109 cm³/mol. The fourth-order valence-corrected chi connectivity index (χ4v) is 3.37. The van der Waals surface area contributed by atoms with Crippen molar-refractivity contribution in [3.8, 4) is 0 Å². The average molecular weight is 396 g/mol. The summed E-state index contributed by atoms with van der Waals surface area (Å²) in [6, 6.07) is 6.14. The van der Waals surface area contributed by atoms with Crippen LogP contribution >= 0.6 is 0 Å². The minimum absolute atomic E-state index is 0.0316. The number of Topliss-reactive ketones (excluding diaryl/α,β-unsaturated/α-hetero) is 1. The first-order valence-electron chi connectivity index (χ1n) is 9.58. The van der Waals surface area contributed by atoms with Gasteiger partial charge in [-0.1, -0.05) is 25.5 Å². The van der Waals surface area contributed by atoms with Gasteiger partial charge < -0.3 is 21.1 Å². The van der Waals surface area contributed by atoms with Crippen molar-refractivity contribution < 1.29 is 19.5 Å². The summed E-state index contributed by atoms with van der Waals surface area (Å²) >= 11 is 0. The van der Waals surface area contributed by atoms with E-state index in [2.05, 4.69) is 15.3 Å². The van der Waals surface area contributed by atoms with Crippen LogP contribution in [0.1, 0.15) is 58.0 Å². The van der Waals surface area contributed by atoms with Crippen LogP contribution in [0.2, 0.25) is 0 Å². The van der Waals surface area contributed by atoms with Crippen molar-refractivity contribution in [2.45, 2.75) is 45.1 Å². The summed E-state index contributed by atoms with van der Waals surface area (Å²) < 4.78 is 0. The zero-order valence-corrected chi connectivity index (χ0v) is 16.2. The maximum atomic E-state index is 12.3. The van der Waals surface area contributed by atoms with Crippen LogP contribution in [-0.4, -0.2) is 39.6 Å². The molecule has 8 nitrogen and oxygen atoms in total. The molecule has 1 aliphatic heterocycles. The Kier molecular flexibility index (Phi) is 6.11. The zero-order chi connectivity index (χ0) is 21.0. The number of rotatable bonds is 8. The fourth-order valence-electron chi connectivity index (χ4n) is 3.37. The number of aromatic amines is 1. The second-order valence-corrected chi connectivity index (χ2v) is 7.09. The lowest BCUT2D eigenvalue weighted by atomic mass is 9.98. The largest absolute Gasteiger partial charge is 0.480 e. The number of carboxylic acid groups (broad SMARTS) is 1. The van der Waals surface area contributed by atoms with E-state index in [9.17, 15) is 14.4 Å². The van der Waals surface area contributed by atoms with Crippen molar-refractivity contribution in [2.24, 2.45) is 10.7 Å². The van der Waals surface area contributed by atoms with Crippen molar-refractivity contribution in [3.63, 3.8) is 0 Å². The fraction of sp³-hybridized carbons (Fsp3) is 0.333. The highest BCUT2D eigenvalue weighted by molar-refractivity contribution is 6.15. The van der Waals surface area contributed by atoms with Crippen molar-refractivity contribution in [1.29, 1.82) is 0 Å². The lowest BCUT2D eigenvalue weighted by molar-refractivity contribution is -0.139. The van der Waals surface area contributed by atoms with Crippen LogP contribution in [0, 0.1) is 0 Å². The molecule has 8 heteroatoms. The number of nitrogens with two attached hydrogens (primary N) is 1. The van der Waals surface area contributed by atoms with E-state index in [1.54, 1.807) is 18.3 Å². The molecule has 152 valence electrons. The van der Waals surface area contributed by atoms with Crippen LogP contribution in [0.3, 0.4) is 0 Å². The van der Waals surface area contributed by atoms with Crippen LogP contribution in [0.15, 0.2) is 35.5 Å². The summed E-state index contributed by atoms with van der Waals surface area (Å²) in [4.78, 5) is 42.9. The van der Waals surface area contributed by atoms with Crippen LogP contribution < -0.4 is 11.1 Å². The second-order valence-electron chi connectivity index (χ2n) is 7.09. The van der Waals surface area contributed by atoms with Gasteiger partial charge in [-0.05, 0) is 42.5 Å². The third-order valence-corrected chi connectivity index (χ3v) is 4.90. The number of amidine groups is 1. The van der Waals surface area contributed by atoms with E-state index in [1.807, 2.05) is 19.1 Å². The van der Waals surface area contributed by atoms with Crippen molar-refractivity contribution in [2.75, 3.05) is 0 Å². The maximum Gasteiger partial charge on any atom is 0.326 e. The van der Waals surface area contributed by atoms with Gasteiger partial charge in [0.25, 0.3) is 5.91 Å². The quantitative estimate of drug-likeness (QED) is 0.543. The molecule has 0 unspecified atom stereocenters. The van der Waals surface area contributed by atoms with Gasteiger partial charge >= 0.3 is 5.97 Å². The summed E-state index contributed by atoms with van der Waals surface area (Å²) in [7, 11) is 0. The van der Waals surface area contributed by atoms with Gasteiger partial charge in [0.2, 0.25) is 0 Å². The van der Waals surface area contributed by atoms with Crippen LogP contribution in [0.4, 0.5) is 5.82 Å². The summed E-state index contributed by atoms with van der Waals surface area (Å²) in [5.74, 6) is -0.643. The van der Waals surface area contributed by atoms with Crippen molar-refractivity contribution in [3.05, 3.63) is 52.7 Å². The van der Waals surface area contributed by atoms with Crippen LogP contribution in [0.5, 0.6) is 0 Å². The van der Waals surface area contributed by atoms with Gasteiger partial charge in [0, 0.05) is 11.8 Å². The number of ketones is 1. The Bertz CT molecular complexity index is 960. The molecular weight excluding hydrogens is 372 g/mol. The number of aromatic nitrogens is 1. The highest BCUT2D eigenvalue weighted by Crippen LogP contribution is 2.28. The third kappa shape index (κ3) is 4.71. The summed E-state index contributed by atoms with van der Waals surface area (Å²) in [6.07, 6.45) is 4.31. The molecule has 1 aliphatic rings. The summed E-state index contributed by atoms with van der Waals surface area (Å²) in [6.45, 7) is 1.87. The number of hydrogen-bond donors (Lipinski definition) is 4. The number of aliphatic imine (C=N–C) groups is 1. The van der Waals surface area contributed by atoms with Crippen LogP contribution in [-0.2, 0) is 17.6 Å². The third-order valence-electron chi connectivity index (χ3n) is 4.90. The van der Waals surface area contributed by atoms with Gasteiger partial charge in [0.05, 0.1) is 12.0 Å². The summed E-state index contributed by atoms with van der Waals surface area (Å²) in [5.41, 5.74) is 8.58. The molecule has 0 bridgehead atoms. The lowest BCUT2D eigenvalue weighted by Crippen LogP contribution is -2.40. The van der Waals surface area contributed by atoms with Crippen molar-refractivity contribution >= 4 is 29.3 Å². The Hall–Kier alpha value is -3.42. The number of fused-ring (bicyclic) bond motifs is 1. The molecule has 1 amide bonds. The Balaban J connectivity index is 1.63. The smallest absolute Gasteiger partial charge is 0.326 e. The average Bonchev–Trinajstić information content (AvgIpc) is 3.09. The topological polar surface area (TPSA) is 138 Å². The van der Waals surface area contributed by atoms with Crippen molar-refractivity contribution in [1.82, 2.24) is 10.3 Å². The molecular formula is C21H24N4O4. The van der Waals surface area contributed by atoms with Gasteiger partial charge in [-0.25, -0.2) is 9.79 Å². The monoisotopic (exact) mass is 396 g/mol. The van der Waals surface area contributed by atoms with E-state index >= 15 is 0 Å². The number of aliphatic carboxylic acids is 1. The Labute approximate surface area is 168 Å². The molecule has 0 spiro atoms. The Morgan fingerprint density at radius 1 is 1.28 bits per heavy atom. The molecule has 0 saturated heterocycles. The number of nitrogens with zero attached hydrogens (tertiary/aromatic N) is 1. The van der Waals surface area contributed by atoms with Gasteiger partial charge in [-0.2, -0.15) is 0 Å². The second kappa shape index (κ2) is 8.72. The number of H-pyrrole nitrogens is 1. The number of hydrogen-bond acceptors (Lipinski definition) is 5.